The second kappa shape index (κ2) is 11.6. The van der Waals surface area contributed by atoms with Gasteiger partial charge in [0.25, 0.3) is 0 Å². The van der Waals surface area contributed by atoms with Crippen LogP contribution in [0.3, 0.4) is 0 Å². The van der Waals surface area contributed by atoms with Gasteiger partial charge in [-0.1, -0.05) is 17.7 Å². The first-order chi connectivity index (χ1) is 11.6. The summed E-state index contributed by atoms with van der Waals surface area (Å²) in [7, 11) is 1.65. The molecule has 0 spiro atoms. The van der Waals surface area contributed by atoms with Gasteiger partial charge in [0.05, 0.1) is 6.61 Å². The first kappa shape index (κ1) is 22.1. The number of benzene rings is 1. The van der Waals surface area contributed by atoms with Gasteiger partial charge in [-0.05, 0) is 17.7 Å². The van der Waals surface area contributed by atoms with Crippen LogP contribution in [0.25, 0.3) is 0 Å². The van der Waals surface area contributed by atoms with Crippen molar-refractivity contribution in [2.75, 3.05) is 53.0 Å². The molecule has 0 saturated carbocycles. The second-order valence-electron chi connectivity index (χ2n) is 5.89. The van der Waals surface area contributed by atoms with Crippen LogP contribution >= 0.6 is 24.0 Å². The van der Waals surface area contributed by atoms with Gasteiger partial charge < -0.3 is 15.0 Å². The van der Waals surface area contributed by atoms with Crippen molar-refractivity contribution >= 4 is 29.9 Å². The highest BCUT2D eigenvalue weighted by Gasteiger charge is 2.17. The third-order valence-corrected chi connectivity index (χ3v) is 4.48. The van der Waals surface area contributed by atoms with Gasteiger partial charge in [-0.3, -0.25) is 9.69 Å². The Morgan fingerprint density at radius 3 is 2.72 bits per heavy atom. The van der Waals surface area contributed by atoms with E-state index in [1.807, 2.05) is 4.90 Å². The number of carbonyl (C=O) groups is 1. The molecule has 1 aromatic carbocycles. The summed E-state index contributed by atoms with van der Waals surface area (Å²) in [5.74, 6) is -0.176. The monoisotopic (exact) mass is 393 g/mol. The van der Waals surface area contributed by atoms with E-state index in [4.69, 9.17) is 16.3 Å². The molecular formula is C17H26Cl2FN3O2. The predicted molar refractivity (Wildman–Crippen MR) is 99.9 cm³/mol. The molecule has 1 N–H and O–H groups in total. The lowest BCUT2D eigenvalue weighted by molar-refractivity contribution is -0.132. The number of rotatable bonds is 8. The van der Waals surface area contributed by atoms with Crippen LogP contribution in [-0.4, -0.2) is 68.7 Å². The van der Waals surface area contributed by atoms with E-state index < -0.39 is 0 Å². The normalized spacial score (nSPS) is 14.5. The maximum absolute atomic E-state index is 13.2. The molecule has 142 valence electrons. The predicted octanol–water partition coefficient (Wildman–Crippen LogP) is 2.17. The van der Waals surface area contributed by atoms with Crippen molar-refractivity contribution in [3.05, 3.63) is 34.6 Å². The molecule has 1 amide bonds. The molecule has 2 rings (SSSR count). The number of nitrogens with zero attached hydrogens (tertiary/aromatic N) is 2. The van der Waals surface area contributed by atoms with Crippen molar-refractivity contribution in [3.8, 4) is 0 Å². The van der Waals surface area contributed by atoms with E-state index in [1.54, 1.807) is 13.2 Å². The minimum Gasteiger partial charge on any atom is -0.383 e. The van der Waals surface area contributed by atoms with Crippen molar-refractivity contribution in [2.45, 2.75) is 13.0 Å². The Morgan fingerprint density at radius 2 is 2.08 bits per heavy atom. The molecule has 1 aliphatic heterocycles. The second-order valence-corrected chi connectivity index (χ2v) is 6.29. The quantitative estimate of drug-likeness (QED) is 0.734. The molecule has 25 heavy (non-hydrogen) atoms. The van der Waals surface area contributed by atoms with E-state index in [2.05, 4.69) is 10.2 Å². The van der Waals surface area contributed by atoms with Gasteiger partial charge in [0.1, 0.15) is 5.82 Å². The zero-order valence-electron chi connectivity index (χ0n) is 14.5. The summed E-state index contributed by atoms with van der Waals surface area (Å²) in [6, 6.07) is 4.41. The Morgan fingerprint density at radius 1 is 1.36 bits per heavy atom. The number of amides is 1. The van der Waals surface area contributed by atoms with Gasteiger partial charge in [-0.25, -0.2) is 4.39 Å². The lowest BCUT2D eigenvalue weighted by atomic mass is 10.2. The molecule has 1 saturated heterocycles. The third-order valence-electron chi connectivity index (χ3n) is 4.13. The average Bonchev–Trinajstić information content (AvgIpc) is 2.59. The number of nitrogens with one attached hydrogen (secondary N) is 1. The molecule has 0 aromatic heterocycles. The number of halogens is 3. The summed E-state index contributed by atoms with van der Waals surface area (Å²) in [6.45, 7) is 5.69. The molecule has 1 fully saturated rings. The van der Waals surface area contributed by atoms with Crippen LogP contribution < -0.4 is 5.32 Å². The lowest BCUT2D eigenvalue weighted by Gasteiger charge is -2.29. The molecule has 8 heteroatoms. The van der Waals surface area contributed by atoms with E-state index in [-0.39, 0.29) is 24.1 Å². The van der Waals surface area contributed by atoms with E-state index in [0.29, 0.717) is 37.7 Å². The van der Waals surface area contributed by atoms with Crippen LogP contribution in [0.4, 0.5) is 4.39 Å². The number of ether oxygens (including phenoxy) is 1. The molecule has 0 atom stereocenters. The fourth-order valence-corrected chi connectivity index (χ4v) is 2.93. The number of hydrogen-bond donors (Lipinski definition) is 1. The third kappa shape index (κ3) is 7.46. The fourth-order valence-electron chi connectivity index (χ4n) is 2.71. The molecule has 0 aliphatic carbocycles. The van der Waals surface area contributed by atoms with Crippen LogP contribution in [0.2, 0.25) is 5.02 Å². The Labute approximate surface area is 159 Å². The highest BCUT2D eigenvalue weighted by molar-refractivity contribution is 6.31. The van der Waals surface area contributed by atoms with Crippen molar-refractivity contribution in [1.82, 2.24) is 15.1 Å². The van der Waals surface area contributed by atoms with Gasteiger partial charge in [-0.15, -0.1) is 12.4 Å². The summed E-state index contributed by atoms with van der Waals surface area (Å²) in [5.41, 5.74) is 0.851. The summed E-state index contributed by atoms with van der Waals surface area (Å²) in [4.78, 5) is 16.3. The van der Waals surface area contributed by atoms with Crippen LogP contribution in [0.5, 0.6) is 0 Å². The van der Waals surface area contributed by atoms with Crippen LogP contribution in [-0.2, 0) is 16.1 Å². The maximum Gasteiger partial charge on any atom is 0.223 e. The molecule has 0 unspecified atom stereocenters. The van der Waals surface area contributed by atoms with Crippen molar-refractivity contribution < 1.29 is 13.9 Å². The SMILES string of the molecule is COCCN(CCC(=O)N1CCNCC1)Cc1ccc(F)cc1Cl.Cl. The first-order valence-electron chi connectivity index (χ1n) is 8.24. The smallest absolute Gasteiger partial charge is 0.223 e. The molecule has 0 bridgehead atoms. The van der Waals surface area contributed by atoms with Gasteiger partial charge in [0, 0.05) is 64.4 Å². The Balaban J connectivity index is 0.00000312. The van der Waals surface area contributed by atoms with Crippen LogP contribution in [0, 0.1) is 5.82 Å². The van der Waals surface area contributed by atoms with Crippen LogP contribution in [0.1, 0.15) is 12.0 Å². The minimum atomic E-state index is -0.346. The Hall–Kier alpha value is -0.920. The largest absolute Gasteiger partial charge is 0.383 e. The summed E-state index contributed by atoms with van der Waals surface area (Å²) in [6.07, 6.45) is 0.461. The van der Waals surface area contributed by atoms with Gasteiger partial charge in [0.2, 0.25) is 5.91 Å². The van der Waals surface area contributed by atoms with E-state index in [1.165, 1.54) is 12.1 Å². The molecule has 1 aliphatic rings. The number of hydrogen-bond acceptors (Lipinski definition) is 4. The van der Waals surface area contributed by atoms with Crippen molar-refractivity contribution in [2.24, 2.45) is 0 Å². The number of carbonyl (C=O) groups excluding carboxylic acids is 1. The van der Waals surface area contributed by atoms with Gasteiger partial charge >= 0.3 is 0 Å². The Bertz CT molecular complexity index is 543. The van der Waals surface area contributed by atoms with E-state index in [9.17, 15) is 9.18 Å². The zero-order chi connectivity index (χ0) is 17.4. The average molecular weight is 394 g/mol. The summed E-state index contributed by atoms with van der Waals surface area (Å²) < 4.78 is 18.3. The maximum atomic E-state index is 13.2. The molecule has 1 aromatic rings. The standard InChI is InChI=1S/C17H25ClFN3O2.ClH/c1-24-11-10-21(13-14-2-3-15(19)12-16(14)18)7-4-17(23)22-8-5-20-6-9-22;/h2-3,12,20H,4-11,13H2,1H3;1H. The zero-order valence-corrected chi connectivity index (χ0v) is 16.0. The topological polar surface area (TPSA) is 44.8 Å². The number of piperazine rings is 1. The van der Waals surface area contributed by atoms with Gasteiger partial charge in [0.15, 0.2) is 0 Å². The van der Waals surface area contributed by atoms with E-state index in [0.717, 1.165) is 31.7 Å². The van der Waals surface area contributed by atoms with Crippen molar-refractivity contribution in [1.29, 1.82) is 0 Å². The van der Waals surface area contributed by atoms with Gasteiger partial charge in [-0.2, -0.15) is 0 Å². The summed E-state index contributed by atoms with van der Waals surface area (Å²) in [5, 5.41) is 3.65. The van der Waals surface area contributed by atoms with Crippen LogP contribution in [0.15, 0.2) is 18.2 Å². The Kier molecular flexibility index (Phi) is 10.3. The van der Waals surface area contributed by atoms with Crippen molar-refractivity contribution in [3.63, 3.8) is 0 Å². The number of methoxy groups -OCH3 is 1. The first-order valence-corrected chi connectivity index (χ1v) is 8.61. The highest BCUT2D eigenvalue weighted by atomic mass is 35.5. The molecule has 1 heterocycles. The van der Waals surface area contributed by atoms with E-state index >= 15 is 0 Å². The highest BCUT2D eigenvalue weighted by Crippen LogP contribution is 2.19. The molecular weight excluding hydrogens is 368 g/mol. The molecule has 5 nitrogen and oxygen atoms in total. The summed E-state index contributed by atoms with van der Waals surface area (Å²) >= 11 is 6.11. The fraction of sp³-hybridized carbons (Fsp3) is 0.588. The molecule has 0 radical (unpaired) electrons. The lowest BCUT2D eigenvalue weighted by Crippen LogP contribution is -2.47. The minimum absolute atomic E-state index is 0.